The zero-order valence-electron chi connectivity index (χ0n) is 11.1. The molecule has 6 nitrogen and oxygen atoms in total. The van der Waals surface area contributed by atoms with Gasteiger partial charge in [0.15, 0.2) is 0 Å². The highest BCUT2D eigenvalue weighted by Crippen LogP contribution is 2.23. The first-order chi connectivity index (χ1) is 8.35. The van der Waals surface area contributed by atoms with Crippen molar-refractivity contribution in [3.63, 3.8) is 0 Å². The summed E-state index contributed by atoms with van der Waals surface area (Å²) in [5.41, 5.74) is 5.83. The Morgan fingerprint density at radius 3 is 2.83 bits per heavy atom. The minimum atomic E-state index is -0.453. The summed E-state index contributed by atoms with van der Waals surface area (Å²) in [5, 5.41) is 4.18. The lowest BCUT2D eigenvalue weighted by Crippen LogP contribution is -2.35. The van der Waals surface area contributed by atoms with Crippen LogP contribution >= 0.6 is 0 Å². The summed E-state index contributed by atoms with van der Waals surface area (Å²) in [4.78, 5) is 13.6. The van der Waals surface area contributed by atoms with Gasteiger partial charge in [-0.25, -0.2) is 4.79 Å². The molecule has 1 aromatic heterocycles. The van der Waals surface area contributed by atoms with Gasteiger partial charge in [-0.3, -0.25) is 4.68 Å². The number of rotatable bonds is 1. The predicted octanol–water partition coefficient (Wildman–Crippen LogP) is 1.65. The van der Waals surface area contributed by atoms with Crippen LogP contribution in [-0.2, 0) is 4.74 Å². The third-order valence-electron chi connectivity index (χ3n) is 2.81. The average molecular weight is 252 g/mol. The van der Waals surface area contributed by atoms with E-state index in [4.69, 9.17) is 10.5 Å². The van der Waals surface area contributed by atoms with Crippen LogP contribution in [0.15, 0.2) is 12.4 Å². The summed E-state index contributed by atoms with van der Waals surface area (Å²) in [6.07, 6.45) is 4.03. The van der Waals surface area contributed by atoms with Gasteiger partial charge in [0.05, 0.1) is 17.9 Å². The van der Waals surface area contributed by atoms with E-state index in [1.807, 2.05) is 25.5 Å². The molecule has 100 valence electrons. The molecule has 1 aromatic rings. The van der Waals surface area contributed by atoms with Crippen LogP contribution in [0.2, 0.25) is 0 Å². The predicted molar refractivity (Wildman–Crippen MR) is 68.1 cm³/mol. The Hall–Kier alpha value is -1.72. The van der Waals surface area contributed by atoms with Crippen LogP contribution < -0.4 is 5.73 Å². The van der Waals surface area contributed by atoms with Gasteiger partial charge < -0.3 is 15.4 Å². The monoisotopic (exact) mass is 252 g/mol. The highest BCUT2D eigenvalue weighted by Gasteiger charge is 2.30. The molecule has 1 atom stereocenters. The molecule has 0 unspecified atom stereocenters. The number of aromatic nitrogens is 2. The fourth-order valence-electron chi connectivity index (χ4n) is 2.00. The van der Waals surface area contributed by atoms with Crippen molar-refractivity contribution in [3.8, 4) is 0 Å². The van der Waals surface area contributed by atoms with Gasteiger partial charge in [-0.05, 0) is 27.2 Å². The van der Waals surface area contributed by atoms with E-state index in [0.29, 0.717) is 18.8 Å². The number of likely N-dealkylation sites (tertiary alicyclic amines) is 1. The molecule has 1 amide bonds. The highest BCUT2D eigenvalue weighted by atomic mass is 16.6. The number of hydrogen-bond acceptors (Lipinski definition) is 4. The van der Waals surface area contributed by atoms with Crippen molar-refractivity contribution in [2.75, 3.05) is 18.8 Å². The summed E-state index contributed by atoms with van der Waals surface area (Å²) >= 11 is 0. The first-order valence-corrected chi connectivity index (χ1v) is 6.13. The molecule has 0 aliphatic carbocycles. The van der Waals surface area contributed by atoms with Crippen molar-refractivity contribution in [3.05, 3.63) is 12.4 Å². The molecule has 0 aromatic carbocycles. The number of nitrogens with zero attached hydrogens (tertiary/aromatic N) is 3. The fourth-order valence-corrected chi connectivity index (χ4v) is 2.00. The van der Waals surface area contributed by atoms with Gasteiger partial charge in [-0.15, -0.1) is 0 Å². The third-order valence-corrected chi connectivity index (χ3v) is 2.81. The molecule has 0 bridgehead atoms. The number of hydrogen-bond donors (Lipinski definition) is 1. The van der Waals surface area contributed by atoms with Crippen LogP contribution in [-0.4, -0.2) is 39.5 Å². The molecular weight excluding hydrogens is 232 g/mol. The van der Waals surface area contributed by atoms with Gasteiger partial charge in [0.2, 0.25) is 0 Å². The maximum Gasteiger partial charge on any atom is 0.410 e. The molecule has 1 aliphatic rings. The number of carbonyl (C=O) groups is 1. The van der Waals surface area contributed by atoms with Crippen molar-refractivity contribution in [1.82, 2.24) is 14.7 Å². The quantitative estimate of drug-likeness (QED) is 0.824. The first kappa shape index (κ1) is 12.7. The summed E-state index contributed by atoms with van der Waals surface area (Å²) in [7, 11) is 0. The minimum Gasteiger partial charge on any atom is -0.444 e. The zero-order valence-corrected chi connectivity index (χ0v) is 11.1. The second kappa shape index (κ2) is 4.51. The fraction of sp³-hybridized carbons (Fsp3) is 0.667. The zero-order chi connectivity index (χ0) is 13.3. The van der Waals surface area contributed by atoms with Crippen molar-refractivity contribution < 1.29 is 9.53 Å². The Morgan fingerprint density at radius 2 is 2.28 bits per heavy atom. The number of carbonyl (C=O) groups excluding carboxylic acids is 1. The second-order valence-electron chi connectivity index (χ2n) is 5.62. The van der Waals surface area contributed by atoms with Gasteiger partial charge in [-0.2, -0.15) is 5.10 Å². The van der Waals surface area contributed by atoms with Crippen LogP contribution in [0, 0.1) is 0 Å². The molecule has 2 N–H and O–H groups in total. The second-order valence-corrected chi connectivity index (χ2v) is 5.62. The van der Waals surface area contributed by atoms with Gasteiger partial charge in [0.1, 0.15) is 5.60 Å². The normalized spacial score (nSPS) is 20.2. The van der Waals surface area contributed by atoms with Crippen LogP contribution in [0.5, 0.6) is 0 Å². The van der Waals surface area contributed by atoms with Gasteiger partial charge >= 0.3 is 6.09 Å². The maximum atomic E-state index is 11.9. The minimum absolute atomic E-state index is 0.190. The van der Waals surface area contributed by atoms with E-state index in [1.54, 1.807) is 17.3 Å². The van der Waals surface area contributed by atoms with E-state index in [9.17, 15) is 4.79 Å². The summed E-state index contributed by atoms with van der Waals surface area (Å²) in [5.74, 6) is 0. The molecule has 6 heteroatoms. The van der Waals surface area contributed by atoms with E-state index in [-0.39, 0.29) is 12.1 Å². The Balaban J connectivity index is 1.94. The van der Waals surface area contributed by atoms with E-state index in [1.165, 1.54) is 0 Å². The molecule has 1 aliphatic heterocycles. The van der Waals surface area contributed by atoms with Crippen molar-refractivity contribution in [1.29, 1.82) is 0 Å². The van der Waals surface area contributed by atoms with Crippen LogP contribution in [0.3, 0.4) is 0 Å². The Labute approximate surface area is 107 Å². The lowest BCUT2D eigenvalue weighted by Gasteiger charge is -2.24. The maximum absolute atomic E-state index is 11.9. The molecule has 0 radical (unpaired) electrons. The molecule has 18 heavy (non-hydrogen) atoms. The summed E-state index contributed by atoms with van der Waals surface area (Å²) in [6.45, 7) is 6.92. The average Bonchev–Trinajstić information content (AvgIpc) is 2.82. The molecule has 2 rings (SSSR count). The number of nitrogen functional groups attached to an aromatic ring is 1. The lowest BCUT2D eigenvalue weighted by atomic mass is 10.2. The van der Waals surface area contributed by atoms with E-state index in [0.717, 1.165) is 6.42 Å². The topological polar surface area (TPSA) is 73.4 Å². The molecule has 2 heterocycles. The number of ether oxygens (including phenoxy) is 1. The first-order valence-electron chi connectivity index (χ1n) is 6.13. The van der Waals surface area contributed by atoms with Crippen LogP contribution in [0.1, 0.15) is 33.2 Å². The molecule has 1 saturated heterocycles. The van der Waals surface area contributed by atoms with Crippen molar-refractivity contribution in [2.45, 2.75) is 38.8 Å². The van der Waals surface area contributed by atoms with Gasteiger partial charge in [0.25, 0.3) is 0 Å². The number of nitrogens with two attached hydrogens (primary N) is 1. The smallest absolute Gasteiger partial charge is 0.410 e. The number of amides is 1. The highest BCUT2D eigenvalue weighted by molar-refractivity contribution is 5.68. The Bertz CT molecular complexity index is 436. The summed E-state index contributed by atoms with van der Waals surface area (Å²) in [6, 6.07) is 0.190. The van der Waals surface area contributed by atoms with E-state index in [2.05, 4.69) is 5.10 Å². The van der Waals surface area contributed by atoms with Crippen molar-refractivity contribution in [2.24, 2.45) is 0 Å². The molecular formula is C12H20N4O2. The Morgan fingerprint density at radius 1 is 1.56 bits per heavy atom. The summed E-state index contributed by atoms with van der Waals surface area (Å²) < 4.78 is 7.16. The standard InChI is InChI=1S/C12H20N4O2/c1-12(2,3)18-11(17)15-5-4-10(8-15)16-7-9(13)6-14-16/h6-7,10H,4-5,8,13H2,1-3H3/t10-/m0/s1. The SMILES string of the molecule is CC(C)(C)OC(=O)N1CC[C@H](n2cc(N)cn2)C1. The molecule has 0 saturated carbocycles. The lowest BCUT2D eigenvalue weighted by molar-refractivity contribution is 0.0288. The third kappa shape index (κ3) is 2.94. The number of anilines is 1. The van der Waals surface area contributed by atoms with E-state index >= 15 is 0 Å². The van der Waals surface area contributed by atoms with Crippen LogP contribution in [0.4, 0.5) is 10.5 Å². The molecule has 0 spiro atoms. The van der Waals surface area contributed by atoms with Crippen LogP contribution in [0.25, 0.3) is 0 Å². The largest absolute Gasteiger partial charge is 0.444 e. The van der Waals surface area contributed by atoms with Gasteiger partial charge in [-0.1, -0.05) is 0 Å². The molecule has 1 fully saturated rings. The Kier molecular flexibility index (Phi) is 3.19. The van der Waals surface area contributed by atoms with E-state index < -0.39 is 5.60 Å². The van der Waals surface area contributed by atoms with Gasteiger partial charge in [0, 0.05) is 19.3 Å². The van der Waals surface area contributed by atoms with Crippen molar-refractivity contribution >= 4 is 11.8 Å².